The molecule has 10 heteroatoms. The second-order valence-corrected chi connectivity index (χ2v) is 10.2. The number of aromatic nitrogens is 4. The maximum atomic E-state index is 13.7. The van der Waals surface area contributed by atoms with E-state index in [1.165, 1.54) is 11.8 Å². The van der Waals surface area contributed by atoms with E-state index in [0.717, 1.165) is 31.2 Å². The number of amides is 1. The van der Waals surface area contributed by atoms with Crippen LogP contribution >= 0.6 is 11.8 Å². The predicted molar refractivity (Wildman–Crippen MR) is 127 cm³/mol. The molecule has 0 bridgehead atoms. The first-order valence-electron chi connectivity index (χ1n) is 11.7. The summed E-state index contributed by atoms with van der Waals surface area (Å²) in [7, 11) is 0. The van der Waals surface area contributed by atoms with Crippen LogP contribution in [0, 0.1) is 0 Å². The molecule has 2 aliphatic carbocycles. The first-order chi connectivity index (χ1) is 16.6. The minimum atomic E-state index is -0.579. The zero-order chi connectivity index (χ0) is 23.2. The lowest BCUT2D eigenvalue weighted by molar-refractivity contribution is -0.134. The second-order valence-electron chi connectivity index (χ2n) is 9.07. The van der Waals surface area contributed by atoms with Crippen molar-refractivity contribution in [2.75, 3.05) is 26.3 Å². The van der Waals surface area contributed by atoms with Crippen molar-refractivity contribution in [1.29, 1.82) is 0 Å². The van der Waals surface area contributed by atoms with E-state index in [-0.39, 0.29) is 23.3 Å². The molecule has 1 aliphatic heterocycles. The van der Waals surface area contributed by atoms with Gasteiger partial charge in [0.15, 0.2) is 5.65 Å². The molecule has 2 saturated carbocycles. The molecule has 34 heavy (non-hydrogen) atoms. The highest BCUT2D eigenvalue weighted by molar-refractivity contribution is 8.00. The third-order valence-corrected chi connectivity index (χ3v) is 7.73. The third kappa shape index (κ3) is 4.05. The van der Waals surface area contributed by atoms with Gasteiger partial charge in [0.05, 0.1) is 13.2 Å². The van der Waals surface area contributed by atoms with E-state index in [1.54, 1.807) is 4.57 Å². The zero-order valence-electron chi connectivity index (χ0n) is 18.6. The molecule has 1 amide bonds. The summed E-state index contributed by atoms with van der Waals surface area (Å²) in [5.74, 6) is 0.849. The van der Waals surface area contributed by atoms with Gasteiger partial charge in [-0.25, -0.2) is 14.8 Å². The minimum absolute atomic E-state index is 0.0359. The van der Waals surface area contributed by atoms with E-state index in [4.69, 9.17) is 14.7 Å². The van der Waals surface area contributed by atoms with Crippen molar-refractivity contribution in [2.24, 2.45) is 0 Å². The smallest absolute Gasteiger partial charge is 0.330 e. The maximum absolute atomic E-state index is 13.7. The molecule has 1 atom stereocenters. The van der Waals surface area contributed by atoms with E-state index in [1.807, 2.05) is 35.2 Å². The van der Waals surface area contributed by atoms with Crippen molar-refractivity contribution in [2.45, 2.75) is 47.9 Å². The number of H-pyrrole nitrogens is 1. The van der Waals surface area contributed by atoms with E-state index < -0.39 is 16.5 Å². The number of nitrogens with zero attached hydrogens (tertiary/aromatic N) is 4. The number of morpholine rings is 1. The van der Waals surface area contributed by atoms with Crippen LogP contribution in [-0.4, -0.2) is 56.6 Å². The van der Waals surface area contributed by atoms with Gasteiger partial charge < -0.3 is 9.64 Å². The Morgan fingerprint density at radius 3 is 2.47 bits per heavy atom. The lowest BCUT2D eigenvalue weighted by atomic mass is 10.1. The Hall–Kier alpha value is -2.98. The van der Waals surface area contributed by atoms with Gasteiger partial charge in [0.2, 0.25) is 5.91 Å². The topological polar surface area (TPSA) is 110 Å². The number of ether oxygens (including phenoxy) is 1. The van der Waals surface area contributed by atoms with Gasteiger partial charge in [0.1, 0.15) is 21.5 Å². The van der Waals surface area contributed by atoms with Crippen LogP contribution in [0.25, 0.3) is 11.0 Å². The zero-order valence-corrected chi connectivity index (χ0v) is 19.4. The highest BCUT2D eigenvalue weighted by atomic mass is 32.2. The van der Waals surface area contributed by atoms with Crippen LogP contribution in [0.1, 0.15) is 54.3 Å². The van der Waals surface area contributed by atoms with Gasteiger partial charge >= 0.3 is 5.69 Å². The minimum Gasteiger partial charge on any atom is -0.378 e. The molecule has 0 spiro atoms. The Bertz CT molecular complexity index is 1360. The Kier molecular flexibility index (Phi) is 5.49. The fourth-order valence-corrected chi connectivity index (χ4v) is 5.58. The van der Waals surface area contributed by atoms with Crippen molar-refractivity contribution < 1.29 is 9.53 Å². The summed E-state index contributed by atoms with van der Waals surface area (Å²) >= 11 is 1.27. The lowest BCUT2D eigenvalue weighted by Gasteiger charge is -2.30. The Morgan fingerprint density at radius 2 is 1.79 bits per heavy atom. The number of rotatable bonds is 6. The van der Waals surface area contributed by atoms with Crippen LogP contribution < -0.4 is 11.2 Å². The third-order valence-electron chi connectivity index (χ3n) is 6.50. The summed E-state index contributed by atoms with van der Waals surface area (Å²) in [5, 5.41) is 0.166. The summed E-state index contributed by atoms with van der Waals surface area (Å²) in [4.78, 5) is 53.1. The molecular weight excluding hydrogens is 454 g/mol. The summed E-state index contributed by atoms with van der Waals surface area (Å²) in [6, 6.07) is 9.61. The molecule has 3 fully saturated rings. The Morgan fingerprint density at radius 1 is 1.06 bits per heavy atom. The van der Waals surface area contributed by atoms with Crippen LogP contribution in [0.3, 0.4) is 0 Å². The molecule has 3 aliphatic rings. The highest BCUT2D eigenvalue weighted by Gasteiger charge is 2.34. The molecule has 1 aromatic carbocycles. The average molecular weight is 480 g/mol. The lowest BCUT2D eigenvalue weighted by Crippen LogP contribution is -2.42. The maximum Gasteiger partial charge on any atom is 0.330 e. The molecular formula is C24H25N5O4S. The van der Waals surface area contributed by atoms with Crippen molar-refractivity contribution >= 4 is 28.7 Å². The van der Waals surface area contributed by atoms with Gasteiger partial charge in [-0.3, -0.25) is 19.1 Å². The summed E-state index contributed by atoms with van der Waals surface area (Å²) in [6.45, 7) is 2.08. The predicted octanol–water partition coefficient (Wildman–Crippen LogP) is 2.38. The van der Waals surface area contributed by atoms with E-state index >= 15 is 0 Å². The van der Waals surface area contributed by atoms with Crippen molar-refractivity contribution in [3.63, 3.8) is 0 Å². The first-order valence-corrected chi connectivity index (χ1v) is 12.6. The molecule has 0 radical (unpaired) electrons. The molecule has 2 aromatic heterocycles. The van der Waals surface area contributed by atoms with Crippen LogP contribution in [0.2, 0.25) is 0 Å². The van der Waals surface area contributed by atoms with E-state index in [2.05, 4.69) is 4.98 Å². The van der Waals surface area contributed by atoms with Crippen molar-refractivity contribution in [3.05, 3.63) is 62.6 Å². The number of carbonyl (C=O) groups is 1. The van der Waals surface area contributed by atoms with E-state index in [0.29, 0.717) is 42.8 Å². The molecule has 176 valence electrons. The number of thioether (sulfide) groups is 1. The number of hydrogen-bond donors (Lipinski definition) is 1. The summed E-state index contributed by atoms with van der Waals surface area (Å²) < 4.78 is 7.04. The summed E-state index contributed by atoms with van der Waals surface area (Å²) in [6.07, 6.45) is 3.74. The number of nitrogens with one attached hydrogen (secondary N) is 1. The van der Waals surface area contributed by atoms with Crippen molar-refractivity contribution in [1.82, 2.24) is 24.4 Å². The molecule has 6 rings (SSSR count). The fourth-order valence-electron chi connectivity index (χ4n) is 4.36. The van der Waals surface area contributed by atoms with Gasteiger partial charge in [0, 0.05) is 25.0 Å². The monoisotopic (exact) mass is 479 g/mol. The normalized spacial score (nSPS) is 19.4. The van der Waals surface area contributed by atoms with E-state index in [9.17, 15) is 14.4 Å². The van der Waals surface area contributed by atoms with Crippen molar-refractivity contribution in [3.8, 4) is 0 Å². The largest absolute Gasteiger partial charge is 0.378 e. The Labute approximate surface area is 199 Å². The van der Waals surface area contributed by atoms with Crippen LogP contribution in [0.4, 0.5) is 0 Å². The number of hydrogen-bond acceptors (Lipinski definition) is 7. The van der Waals surface area contributed by atoms with Crippen LogP contribution in [-0.2, 0) is 9.53 Å². The van der Waals surface area contributed by atoms with Crippen LogP contribution in [0.15, 0.2) is 44.9 Å². The molecule has 1 saturated heterocycles. The SMILES string of the molecule is O=C([C@@H](Sc1nc(C2CC2)nc2c1c(=O)[nH]c(=O)n2C1CC1)c1ccccc1)N1CCOCC1. The number of fused-ring (bicyclic) bond motifs is 1. The van der Waals surface area contributed by atoms with Gasteiger partial charge in [-0.2, -0.15) is 0 Å². The van der Waals surface area contributed by atoms with Gasteiger partial charge in [-0.05, 0) is 31.2 Å². The number of aromatic amines is 1. The summed E-state index contributed by atoms with van der Waals surface area (Å²) in [5.41, 5.74) is 0.296. The molecule has 3 aromatic rings. The molecule has 1 N–H and O–H groups in total. The first kappa shape index (κ1) is 21.5. The molecule has 9 nitrogen and oxygen atoms in total. The average Bonchev–Trinajstić information content (AvgIpc) is 3.76. The quantitative estimate of drug-likeness (QED) is 0.427. The van der Waals surface area contributed by atoms with Crippen LogP contribution in [0.5, 0.6) is 0 Å². The molecule has 0 unspecified atom stereocenters. The Balaban J connectivity index is 1.50. The van der Waals surface area contributed by atoms with Gasteiger partial charge in [0.25, 0.3) is 5.56 Å². The molecule has 3 heterocycles. The van der Waals surface area contributed by atoms with Gasteiger partial charge in [-0.1, -0.05) is 42.1 Å². The fraction of sp³-hybridized carbons (Fsp3) is 0.458. The number of benzene rings is 1. The second kappa shape index (κ2) is 8.66. The highest BCUT2D eigenvalue weighted by Crippen LogP contribution is 2.43. The standard InChI is InChI=1S/C24H25N5O4S/c30-21-17-20(29(16-8-9-16)24(32)27-21)25-19(15-6-7-15)26-22(17)34-18(14-4-2-1-3-5-14)23(31)28-10-12-33-13-11-28/h1-5,15-16,18H,6-13H2,(H,27,30,32)/t18-/m0/s1. The van der Waals surface area contributed by atoms with Gasteiger partial charge in [-0.15, -0.1) is 0 Å². The number of carbonyl (C=O) groups excluding carboxylic acids is 1.